The van der Waals surface area contributed by atoms with Gasteiger partial charge in [-0.15, -0.1) is 0 Å². The van der Waals surface area contributed by atoms with Gasteiger partial charge >= 0.3 is 0 Å². The van der Waals surface area contributed by atoms with E-state index in [-0.39, 0.29) is 23.3 Å². The van der Waals surface area contributed by atoms with E-state index >= 15 is 0 Å². The van der Waals surface area contributed by atoms with E-state index in [1.54, 1.807) is 12.4 Å². The Morgan fingerprint density at radius 2 is 2.11 bits per heavy atom. The van der Waals surface area contributed by atoms with Gasteiger partial charge in [0.1, 0.15) is 11.5 Å². The molecule has 1 aliphatic rings. The molecule has 1 heterocycles. The van der Waals surface area contributed by atoms with Gasteiger partial charge < -0.3 is 10.2 Å². The van der Waals surface area contributed by atoms with Crippen LogP contribution in [0.1, 0.15) is 69.9 Å². The minimum Gasteiger partial charge on any atom is -0.507 e. The Morgan fingerprint density at radius 3 is 2.75 bits per heavy atom. The molecule has 2 atom stereocenters. The molecule has 1 aliphatic carbocycles. The zero-order valence-corrected chi connectivity index (χ0v) is 17.3. The normalized spacial score (nSPS) is 19.5. The van der Waals surface area contributed by atoms with Gasteiger partial charge in [0.15, 0.2) is 0 Å². The highest BCUT2D eigenvalue weighted by Crippen LogP contribution is 2.50. The maximum atomic E-state index is 11.4. The van der Waals surface area contributed by atoms with E-state index in [4.69, 9.17) is 0 Å². The molecule has 3 rings (SSSR count). The van der Waals surface area contributed by atoms with Crippen molar-refractivity contribution < 1.29 is 10.2 Å². The summed E-state index contributed by atoms with van der Waals surface area (Å²) in [6.45, 7) is 10.5. The predicted molar refractivity (Wildman–Crippen MR) is 115 cm³/mol. The summed E-state index contributed by atoms with van der Waals surface area (Å²) in [5, 5.41) is 29.2. The fraction of sp³-hybridized carbons (Fsp3) is 0.458. The standard InChI is InChI=1S/C24H32N2O2/c1-5-6-7-8-17-12-21(27)23(24(28)22(17)18-13-25-26-14-18)20-11-16(4)9-10-19(20)15(2)3/h11-14,19-20,27-28H,2,5-10H2,1,3-4H3,(H,25,26). The van der Waals surface area contributed by atoms with Crippen molar-refractivity contribution >= 4 is 0 Å². The number of hydrogen-bond donors (Lipinski definition) is 3. The topological polar surface area (TPSA) is 69.1 Å². The predicted octanol–water partition coefficient (Wildman–Crippen LogP) is 6.24. The van der Waals surface area contributed by atoms with Gasteiger partial charge in [-0.25, -0.2) is 0 Å². The lowest BCUT2D eigenvalue weighted by Gasteiger charge is -2.32. The molecule has 4 nitrogen and oxygen atoms in total. The highest BCUT2D eigenvalue weighted by atomic mass is 16.3. The Balaban J connectivity index is 2.15. The molecule has 2 unspecified atom stereocenters. The zero-order valence-electron chi connectivity index (χ0n) is 17.3. The fourth-order valence-electron chi connectivity index (χ4n) is 4.43. The molecule has 0 aliphatic heterocycles. The SMILES string of the molecule is C=C(C)C1CCC(C)=CC1c1c(O)cc(CCCCC)c(-c2cn[nH]c2)c1O. The van der Waals surface area contributed by atoms with Crippen LogP contribution >= 0.6 is 0 Å². The quantitative estimate of drug-likeness (QED) is 0.393. The summed E-state index contributed by atoms with van der Waals surface area (Å²) in [6, 6.07) is 1.85. The Kier molecular flexibility index (Phi) is 6.28. The van der Waals surface area contributed by atoms with E-state index in [1.807, 2.05) is 13.0 Å². The molecule has 4 heteroatoms. The number of phenolic OH excluding ortho intramolecular Hbond substituents is 2. The molecule has 0 fully saturated rings. The number of aromatic amines is 1. The number of aromatic nitrogens is 2. The van der Waals surface area contributed by atoms with Gasteiger partial charge in [-0.3, -0.25) is 5.10 Å². The number of benzene rings is 1. The zero-order chi connectivity index (χ0) is 20.3. The maximum absolute atomic E-state index is 11.4. The summed E-state index contributed by atoms with van der Waals surface area (Å²) in [6.07, 6.45) is 11.8. The van der Waals surface area contributed by atoms with Crippen molar-refractivity contribution in [3.63, 3.8) is 0 Å². The molecule has 150 valence electrons. The van der Waals surface area contributed by atoms with Gasteiger partial charge in [0, 0.05) is 28.8 Å². The summed E-state index contributed by atoms with van der Waals surface area (Å²) in [5.41, 5.74) is 5.60. The third-order valence-electron chi connectivity index (χ3n) is 5.95. The first-order chi connectivity index (χ1) is 13.4. The van der Waals surface area contributed by atoms with Crippen molar-refractivity contribution in [3.8, 4) is 22.6 Å². The number of hydrogen-bond acceptors (Lipinski definition) is 3. The summed E-state index contributed by atoms with van der Waals surface area (Å²) in [4.78, 5) is 0. The fourth-order valence-corrected chi connectivity index (χ4v) is 4.43. The lowest BCUT2D eigenvalue weighted by molar-refractivity contribution is 0.407. The van der Waals surface area contributed by atoms with Crippen LogP contribution in [0.4, 0.5) is 0 Å². The lowest BCUT2D eigenvalue weighted by Crippen LogP contribution is -2.17. The molecular formula is C24H32N2O2. The van der Waals surface area contributed by atoms with Crippen LogP contribution in [0.2, 0.25) is 0 Å². The molecule has 2 aromatic rings. The van der Waals surface area contributed by atoms with Crippen LogP contribution in [-0.4, -0.2) is 20.4 Å². The number of nitrogens with zero attached hydrogens (tertiary/aromatic N) is 1. The third-order valence-corrected chi connectivity index (χ3v) is 5.95. The second-order valence-electron chi connectivity index (χ2n) is 8.17. The molecule has 0 saturated carbocycles. The van der Waals surface area contributed by atoms with Crippen molar-refractivity contribution in [1.29, 1.82) is 0 Å². The number of aromatic hydroxyl groups is 2. The molecular weight excluding hydrogens is 348 g/mol. The van der Waals surface area contributed by atoms with Gasteiger partial charge in [0.25, 0.3) is 0 Å². The first-order valence-electron chi connectivity index (χ1n) is 10.3. The summed E-state index contributed by atoms with van der Waals surface area (Å²) in [7, 11) is 0. The van der Waals surface area contributed by atoms with Crippen molar-refractivity contribution in [2.24, 2.45) is 5.92 Å². The van der Waals surface area contributed by atoms with Gasteiger partial charge in [-0.05, 0) is 57.1 Å². The third kappa shape index (κ3) is 4.01. The Bertz CT molecular complexity index is 865. The van der Waals surface area contributed by atoms with E-state index in [0.717, 1.165) is 60.8 Å². The smallest absolute Gasteiger partial charge is 0.131 e. The van der Waals surface area contributed by atoms with Crippen LogP contribution in [0.3, 0.4) is 0 Å². The molecule has 0 bridgehead atoms. The number of aryl methyl sites for hydroxylation is 1. The highest BCUT2D eigenvalue weighted by molar-refractivity contribution is 5.77. The van der Waals surface area contributed by atoms with E-state index in [2.05, 4.69) is 36.7 Å². The number of phenols is 2. The van der Waals surface area contributed by atoms with Gasteiger partial charge in [0.05, 0.1) is 6.20 Å². The summed E-state index contributed by atoms with van der Waals surface area (Å²) in [5.74, 6) is 0.499. The van der Waals surface area contributed by atoms with Gasteiger partial charge in [-0.2, -0.15) is 5.10 Å². The highest BCUT2D eigenvalue weighted by Gasteiger charge is 2.32. The lowest BCUT2D eigenvalue weighted by atomic mass is 9.73. The van der Waals surface area contributed by atoms with Crippen LogP contribution in [0.5, 0.6) is 11.5 Å². The van der Waals surface area contributed by atoms with E-state index in [9.17, 15) is 10.2 Å². The van der Waals surface area contributed by atoms with Crippen molar-refractivity contribution in [1.82, 2.24) is 10.2 Å². The van der Waals surface area contributed by atoms with Crippen molar-refractivity contribution in [2.75, 3.05) is 0 Å². The molecule has 0 spiro atoms. The summed E-state index contributed by atoms with van der Waals surface area (Å²) >= 11 is 0. The molecule has 1 aromatic carbocycles. The minimum atomic E-state index is -0.0680. The van der Waals surface area contributed by atoms with Gasteiger partial charge in [0.2, 0.25) is 0 Å². The average molecular weight is 381 g/mol. The van der Waals surface area contributed by atoms with E-state index in [1.165, 1.54) is 5.57 Å². The van der Waals surface area contributed by atoms with Crippen LogP contribution in [-0.2, 0) is 6.42 Å². The number of unbranched alkanes of at least 4 members (excludes halogenated alkanes) is 2. The maximum Gasteiger partial charge on any atom is 0.131 e. The Morgan fingerprint density at radius 1 is 1.32 bits per heavy atom. The molecule has 0 saturated heterocycles. The largest absolute Gasteiger partial charge is 0.507 e. The Labute approximate surface area is 168 Å². The first kappa shape index (κ1) is 20.2. The van der Waals surface area contributed by atoms with Crippen molar-refractivity contribution in [2.45, 2.75) is 65.2 Å². The molecule has 3 N–H and O–H groups in total. The van der Waals surface area contributed by atoms with Crippen LogP contribution in [0.25, 0.3) is 11.1 Å². The number of nitrogens with one attached hydrogen (secondary N) is 1. The second kappa shape index (κ2) is 8.68. The van der Waals surface area contributed by atoms with E-state index in [0.29, 0.717) is 5.56 Å². The molecule has 1 aromatic heterocycles. The second-order valence-corrected chi connectivity index (χ2v) is 8.17. The Hall–Kier alpha value is -2.49. The molecule has 0 amide bonds. The van der Waals surface area contributed by atoms with Crippen LogP contribution in [0.15, 0.2) is 42.3 Å². The number of H-pyrrole nitrogens is 1. The number of rotatable bonds is 7. The van der Waals surface area contributed by atoms with Gasteiger partial charge in [-0.1, -0.05) is 43.6 Å². The summed E-state index contributed by atoms with van der Waals surface area (Å²) < 4.78 is 0. The molecule has 0 radical (unpaired) electrons. The van der Waals surface area contributed by atoms with Crippen LogP contribution < -0.4 is 0 Å². The average Bonchev–Trinajstić information content (AvgIpc) is 3.15. The first-order valence-corrected chi connectivity index (χ1v) is 10.3. The van der Waals surface area contributed by atoms with Crippen LogP contribution in [0, 0.1) is 5.92 Å². The minimum absolute atomic E-state index is 0.0680. The molecule has 28 heavy (non-hydrogen) atoms. The van der Waals surface area contributed by atoms with Crippen molar-refractivity contribution in [3.05, 3.63) is 53.4 Å². The van der Waals surface area contributed by atoms with E-state index < -0.39 is 0 Å². The monoisotopic (exact) mass is 380 g/mol. The number of allylic oxidation sites excluding steroid dienone is 3.